The molecular formula is C18H20FNO. The quantitative estimate of drug-likeness (QED) is 0.933. The molecule has 1 aliphatic heterocycles. The number of likely N-dealkylation sites (tertiary alicyclic amines) is 1. The van der Waals surface area contributed by atoms with Gasteiger partial charge in [-0.15, -0.1) is 0 Å². The average molecular weight is 285 g/mol. The third kappa shape index (κ3) is 3.31. The van der Waals surface area contributed by atoms with E-state index in [2.05, 4.69) is 17.0 Å². The molecule has 0 bridgehead atoms. The van der Waals surface area contributed by atoms with E-state index in [1.807, 2.05) is 30.3 Å². The summed E-state index contributed by atoms with van der Waals surface area (Å²) in [6, 6.07) is 17.1. The summed E-state index contributed by atoms with van der Waals surface area (Å²) in [6.07, 6.45) is 0. The summed E-state index contributed by atoms with van der Waals surface area (Å²) in [6.45, 7) is 2.86. The molecule has 0 aromatic heterocycles. The number of halogens is 1. The zero-order valence-electron chi connectivity index (χ0n) is 12.0. The molecule has 3 heteroatoms. The van der Waals surface area contributed by atoms with Gasteiger partial charge in [-0.3, -0.25) is 4.90 Å². The molecular weight excluding hydrogens is 265 g/mol. The van der Waals surface area contributed by atoms with Gasteiger partial charge in [0.2, 0.25) is 0 Å². The number of aliphatic hydroxyl groups is 1. The van der Waals surface area contributed by atoms with E-state index >= 15 is 0 Å². The highest BCUT2D eigenvalue weighted by molar-refractivity contribution is 5.24. The average Bonchev–Trinajstić information content (AvgIpc) is 2.92. The van der Waals surface area contributed by atoms with E-state index in [0.717, 1.165) is 25.2 Å². The van der Waals surface area contributed by atoms with E-state index in [1.54, 1.807) is 0 Å². The fourth-order valence-electron chi connectivity index (χ4n) is 3.20. The Morgan fingerprint density at radius 1 is 1.00 bits per heavy atom. The van der Waals surface area contributed by atoms with Crippen molar-refractivity contribution in [3.63, 3.8) is 0 Å². The minimum atomic E-state index is -0.210. The number of rotatable bonds is 4. The smallest absolute Gasteiger partial charge is 0.123 e. The predicted octanol–water partition coefficient (Wildman–Crippen LogP) is 3.03. The molecule has 1 aliphatic rings. The van der Waals surface area contributed by atoms with Crippen molar-refractivity contribution in [2.24, 2.45) is 5.92 Å². The maximum Gasteiger partial charge on any atom is 0.123 e. The largest absolute Gasteiger partial charge is 0.396 e. The topological polar surface area (TPSA) is 23.5 Å². The van der Waals surface area contributed by atoms with Crippen LogP contribution >= 0.6 is 0 Å². The lowest BCUT2D eigenvalue weighted by molar-refractivity contribution is 0.214. The Morgan fingerprint density at radius 3 is 2.38 bits per heavy atom. The number of nitrogens with zero attached hydrogens (tertiary/aromatic N) is 1. The standard InChI is InChI=1S/C18H20FNO/c19-17-8-6-15(7-9-17)18-12-20(11-16(18)13-21)10-14-4-2-1-3-5-14/h1-9,16,18,21H,10-13H2/t16-,18-/m1/s1. The molecule has 0 amide bonds. The highest BCUT2D eigenvalue weighted by atomic mass is 19.1. The summed E-state index contributed by atoms with van der Waals surface area (Å²) in [5, 5.41) is 9.64. The van der Waals surface area contributed by atoms with Gasteiger partial charge in [0.15, 0.2) is 0 Å². The van der Waals surface area contributed by atoms with E-state index in [1.165, 1.54) is 17.7 Å². The first-order valence-electron chi connectivity index (χ1n) is 7.39. The first-order chi connectivity index (χ1) is 10.3. The van der Waals surface area contributed by atoms with Crippen molar-refractivity contribution in [2.75, 3.05) is 19.7 Å². The van der Waals surface area contributed by atoms with Gasteiger partial charge in [0.05, 0.1) is 0 Å². The Balaban J connectivity index is 1.72. The van der Waals surface area contributed by atoms with E-state index < -0.39 is 0 Å². The molecule has 110 valence electrons. The fourth-order valence-corrected chi connectivity index (χ4v) is 3.20. The summed E-state index contributed by atoms with van der Waals surface area (Å²) < 4.78 is 13.1. The highest BCUT2D eigenvalue weighted by Crippen LogP contribution is 2.33. The molecule has 2 atom stereocenters. The zero-order valence-corrected chi connectivity index (χ0v) is 12.0. The minimum Gasteiger partial charge on any atom is -0.396 e. The molecule has 0 unspecified atom stereocenters. The van der Waals surface area contributed by atoms with Crippen LogP contribution in [0.15, 0.2) is 54.6 Å². The molecule has 1 saturated heterocycles. The number of hydrogen-bond acceptors (Lipinski definition) is 2. The highest BCUT2D eigenvalue weighted by Gasteiger charge is 2.33. The monoisotopic (exact) mass is 285 g/mol. The first-order valence-corrected chi connectivity index (χ1v) is 7.39. The van der Waals surface area contributed by atoms with E-state index in [-0.39, 0.29) is 24.3 Å². The molecule has 1 fully saturated rings. The number of benzene rings is 2. The second-order valence-electron chi connectivity index (χ2n) is 5.78. The van der Waals surface area contributed by atoms with Crippen molar-refractivity contribution in [3.05, 3.63) is 71.5 Å². The summed E-state index contributed by atoms with van der Waals surface area (Å²) in [5.41, 5.74) is 2.40. The maximum atomic E-state index is 13.1. The molecule has 21 heavy (non-hydrogen) atoms. The van der Waals surface area contributed by atoms with Gasteiger partial charge in [0.1, 0.15) is 5.82 Å². The van der Waals surface area contributed by atoms with Crippen LogP contribution in [0.3, 0.4) is 0 Å². The zero-order chi connectivity index (χ0) is 14.7. The van der Waals surface area contributed by atoms with Gasteiger partial charge >= 0.3 is 0 Å². The van der Waals surface area contributed by atoms with Crippen molar-refractivity contribution < 1.29 is 9.50 Å². The van der Waals surface area contributed by atoms with Gasteiger partial charge in [-0.05, 0) is 23.3 Å². The Labute approximate surface area is 124 Å². The number of aliphatic hydroxyl groups excluding tert-OH is 1. The molecule has 3 rings (SSSR count). The fraction of sp³-hybridized carbons (Fsp3) is 0.333. The van der Waals surface area contributed by atoms with Crippen LogP contribution in [0.1, 0.15) is 17.0 Å². The predicted molar refractivity (Wildman–Crippen MR) is 81.4 cm³/mol. The molecule has 0 aliphatic carbocycles. The van der Waals surface area contributed by atoms with E-state index in [0.29, 0.717) is 0 Å². The van der Waals surface area contributed by atoms with Gasteiger partial charge in [-0.25, -0.2) is 4.39 Å². The first kappa shape index (κ1) is 14.2. The van der Waals surface area contributed by atoms with Gasteiger partial charge in [-0.2, -0.15) is 0 Å². The van der Waals surface area contributed by atoms with E-state index in [4.69, 9.17) is 0 Å². The summed E-state index contributed by atoms with van der Waals surface area (Å²) in [7, 11) is 0. The minimum absolute atomic E-state index is 0.174. The molecule has 0 saturated carbocycles. The third-order valence-corrected chi connectivity index (χ3v) is 4.30. The summed E-state index contributed by atoms with van der Waals surface area (Å²) >= 11 is 0. The van der Waals surface area contributed by atoms with Crippen LogP contribution in [0, 0.1) is 11.7 Å². The lowest BCUT2D eigenvalue weighted by Crippen LogP contribution is -2.20. The van der Waals surface area contributed by atoms with Crippen LogP contribution in [0.5, 0.6) is 0 Å². The Hall–Kier alpha value is -1.71. The third-order valence-electron chi connectivity index (χ3n) is 4.30. The molecule has 2 aromatic carbocycles. The summed E-state index contributed by atoms with van der Waals surface area (Å²) in [4.78, 5) is 2.37. The second-order valence-corrected chi connectivity index (χ2v) is 5.78. The molecule has 2 nitrogen and oxygen atoms in total. The molecule has 0 radical (unpaired) electrons. The van der Waals surface area contributed by atoms with Crippen molar-refractivity contribution in [1.82, 2.24) is 4.90 Å². The van der Waals surface area contributed by atoms with Crippen molar-refractivity contribution >= 4 is 0 Å². The normalized spacial score (nSPS) is 22.6. The Morgan fingerprint density at radius 2 is 1.71 bits per heavy atom. The van der Waals surface area contributed by atoms with Gasteiger partial charge in [-0.1, -0.05) is 42.5 Å². The molecule has 2 aromatic rings. The van der Waals surface area contributed by atoms with Crippen LogP contribution in [0.2, 0.25) is 0 Å². The molecule has 1 heterocycles. The van der Waals surface area contributed by atoms with Crippen LogP contribution in [-0.4, -0.2) is 29.7 Å². The molecule has 0 spiro atoms. The van der Waals surface area contributed by atoms with Gasteiger partial charge < -0.3 is 5.11 Å². The van der Waals surface area contributed by atoms with Crippen LogP contribution in [0.25, 0.3) is 0 Å². The maximum absolute atomic E-state index is 13.1. The second kappa shape index (κ2) is 6.37. The Kier molecular flexibility index (Phi) is 4.32. The van der Waals surface area contributed by atoms with Crippen LogP contribution in [-0.2, 0) is 6.54 Å². The lowest BCUT2D eigenvalue weighted by Gasteiger charge is -2.16. The van der Waals surface area contributed by atoms with Crippen molar-refractivity contribution in [3.8, 4) is 0 Å². The van der Waals surface area contributed by atoms with E-state index in [9.17, 15) is 9.50 Å². The molecule has 1 N–H and O–H groups in total. The SMILES string of the molecule is OC[C@H]1CN(Cc2ccccc2)C[C@@H]1c1ccc(F)cc1. The van der Waals surface area contributed by atoms with Crippen LogP contribution < -0.4 is 0 Å². The van der Waals surface area contributed by atoms with Crippen LogP contribution in [0.4, 0.5) is 4.39 Å². The van der Waals surface area contributed by atoms with Gasteiger partial charge in [0, 0.05) is 38.1 Å². The lowest BCUT2D eigenvalue weighted by atomic mass is 9.89. The van der Waals surface area contributed by atoms with Gasteiger partial charge in [0.25, 0.3) is 0 Å². The van der Waals surface area contributed by atoms with Crippen molar-refractivity contribution in [2.45, 2.75) is 12.5 Å². The number of hydrogen-bond donors (Lipinski definition) is 1. The van der Waals surface area contributed by atoms with Crippen molar-refractivity contribution in [1.29, 1.82) is 0 Å². The summed E-state index contributed by atoms with van der Waals surface area (Å²) in [5.74, 6) is 0.289. The Bertz CT molecular complexity index is 570.